The van der Waals surface area contributed by atoms with Gasteiger partial charge in [0.05, 0.1) is 0 Å². The molecule has 0 nitrogen and oxygen atoms in total. The lowest BCUT2D eigenvalue weighted by Crippen LogP contribution is -2.13. The van der Waals surface area contributed by atoms with Crippen LogP contribution < -0.4 is 5.30 Å². The van der Waals surface area contributed by atoms with Crippen molar-refractivity contribution in [2.75, 3.05) is 6.16 Å². The molecule has 1 atom stereocenters. The van der Waals surface area contributed by atoms with Gasteiger partial charge in [0.2, 0.25) is 0 Å². The molecule has 144 valence electrons. The number of hydrogen-bond acceptors (Lipinski definition) is 0. The zero-order chi connectivity index (χ0) is 18.3. The molecule has 0 aliphatic carbocycles. The van der Waals surface area contributed by atoms with Gasteiger partial charge < -0.3 is 0 Å². The molecule has 1 aromatic rings. The smallest absolute Gasteiger partial charge is 0.0237 e. The van der Waals surface area contributed by atoms with E-state index < -0.39 is 0 Å². The summed E-state index contributed by atoms with van der Waals surface area (Å²) in [6.07, 6.45) is 18.9. The van der Waals surface area contributed by atoms with Gasteiger partial charge in [-0.25, -0.2) is 0 Å². The largest absolute Gasteiger partial charge is 0.0901 e. The Kier molecular flexibility index (Phi) is 13.4. The van der Waals surface area contributed by atoms with Crippen molar-refractivity contribution in [3.05, 3.63) is 28.8 Å². The molecule has 0 radical (unpaired) electrons. The fourth-order valence-corrected chi connectivity index (χ4v) is 4.97. The second kappa shape index (κ2) is 14.8. The van der Waals surface area contributed by atoms with Crippen LogP contribution in [0.25, 0.3) is 0 Å². The maximum Gasteiger partial charge on any atom is -0.0237 e. The highest BCUT2D eigenvalue weighted by atomic mass is 31.1. The van der Waals surface area contributed by atoms with E-state index in [2.05, 4.69) is 39.8 Å². The van der Waals surface area contributed by atoms with Gasteiger partial charge >= 0.3 is 0 Å². The van der Waals surface area contributed by atoms with Gasteiger partial charge in [-0.2, -0.15) is 0 Å². The lowest BCUT2D eigenvalue weighted by atomic mass is 9.91. The van der Waals surface area contributed by atoms with Crippen molar-refractivity contribution < 1.29 is 0 Å². The minimum Gasteiger partial charge on any atom is -0.0901 e. The van der Waals surface area contributed by atoms with Gasteiger partial charge in [-0.3, -0.25) is 0 Å². The average molecular weight is 363 g/mol. The van der Waals surface area contributed by atoms with Crippen LogP contribution in [-0.4, -0.2) is 6.16 Å². The summed E-state index contributed by atoms with van der Waals surface area (Å²) in [5.74, 6) is 0. The van der Waals surface area contributed by atoms with Crippen molar-refractivity contribution in [1.82, 2.24) is 0 Å². The molecule has 1 unspecified atom stereocenters. The third kappa shape index (κ3) is 8.72. The van der Waals surface area contributed by atoms with Crippen LogP contribution >= 0.6 is 8.58 Å². The first-order valence-corrected chi connectivity index (χ1v) is 12.4. The molecule has 0 amide bonds. The number of aryl methyl sites for hydroxylation is 1. The fraction of sp³-hybridized carbons (Fsp3) is 0.750. The molecule has 1 rings (SSSR count). The number of hydrogen-bond donors (Lipinski definition) is 0. The summed E-state index contributed by atoms with van der Waals surface area (Å²) in [5.41, 5.74) is 5.18. The summed E-state index contributed by atoms with van der Waals surface area (Å²) in [5, 5.41) is 1.70. The van der Waals surface area contributed by atoms with Crippen LogP contribution in [0, 0.1) is 0 Å². The van der Waals surface area contributed by atoms with Crippen molar-refractivity contribution in [1.29, 1.82) is 0 Å². The Hall–Kier alpha value is -0.350. The SMILES string of the molecule is CCCCCCPc1ccc(CCCC)c(CCCC)c1CCCC. The second-order valence-electron chi connectivity index (χ2n) is 7.53. The normalized spacial score (nSPS) is 11.7. The van der Waals surface area contributed by atoms with Crippen LogP contribution in [0.1, 0.15) is 109 Å². The molecular formula is C24H43P. The average Bonchev–Trinajstić information content (AvgIpc) is 2.63. The Morgan fingerprint density at radius 3 is 1.84 bits per heavy atom. The Morgan fingerprint density at radius 2 is 1.20 bits per heavy atom. The summed E-state index contributed by atoms with van der Waals surface area (Å²) >= 11 is 0. The summed E-state index contributed by atoms with van der Waals surface area (Å²) < 4.78 is 0. The summed E-state index contributed by atoms with van der Waals surface area (Å²) in [4.78, 5) is 0. The molecule has 0 fully saturated rings. The van der Waals surface area contributed by atoms with E-state index in [0.29, 0.717) is 0 Å². The van der Waals surface area contributed by atoms with Crippen LogP contribution in [0.15, 0.2) is 12.1 Å². The van der Waals surface area contributed by atoms with E-state index >= 15 is 0 Å². The lowest BCUT2D eigenvalue weighted by molar-refractivity contribution is 0.706. The topological polar surface area (TPSA) is 0 Å². The number of rotatable bonds is 15. The highest BCUT2D eigenvalue weighted by molar-refractivity contribution is 7.47. The highest BCUT2D eigenvalue weighted by Gasteiger charge is 2.13. The molecule has 0 spiro atoms. The molecule has 25 heavy (non-hydrogen) atoms. The predicted molar refractivity (Wildman–Crippen MR) is 119 cm³/mol. The summed E-state index contributed by atoms with van der Waals surface area (Å²) in [6, 6.07) is 4.99. The Labute approximate surface area is 160 Å². The summed E-state index contributed by atoms with van der Waals surface area (Å²) in [6.45, 7) is 9.28. The Bertz CT molecular complexity index is 450. The van der Waals surface area contributed by atoms with E-state index in [9.17, 15) is 0 Å². The first-order valence-electron chi connectivity index (χ1n) is 11.2. The maximum atomic E-state index is 2.50. The molecule has 0 saturated heterocycles. The van der Waals surface area contributed by atoms with Crippen molar-refractivity contribution in [3.8, 4) is 0 Å². The van der Waals surface area contributed by atoms with Gasteiger partial charge in [0.15, 0.2) is 0 Å². The quantitative estimate of drug-likeness (QED) is 0.222. The first-order chi connectivity index (χ1) is 12.3. The molecule has 0 saturated carbocycles. The predicted octanol–water partition coefficient (Wildman–Crippen LogP) is 7.60. The van der Waals surface area contributed by atoms with E-state index in [4.69, 9.17) is 0 Å². The Morgan fingerprint density at radius 1 is 0.600 bits per heavy atom. The minimum atomic E-state index is 1.03. The molecule has 0 N–H and O–H groups in total. The van der Waals surface area contributed by atoms with E-state index in [-0.39, 0.29) is 0 Å². The van der Waals surface area contributed by atoms with Crippen LogP contribution in [0.4, 0.5) is 0 Å². The lowest BCUT2D eigenvalue weighted by Gasteiger charge is -2.19. The van der Waals surface area contributed by atoms with Crippen LogP contribution in [-0.2, 0) is 19.3 Å². The molecule has 0 heterocycles. The maximum absolute atomic E-state index is 2.50. The molecule has 0 aromatic heterocycles. The van der Waals surface area contributed by atoms with Crippen molar-refractivity contribution in [2.24, 2.45) is 0 Å². The van der Waals surface area contributed by atoms with Gasteiger partial charge in [-0.1, -0.05) is 86.9 Å². The van der Waals surface area contributed by atoms with E-state index in [1.807, 2.05) is 0 Å². The van der Waals surface area contributed by atoms with Gasteiger partial charge in [-0.05, 0) is 73.1 Å². The molecule has 0 bridgehead atoms. The molecule has 0 aliphatic rings. The third-order valence-corrected chi connectivity index (χ3v) is 6.69. The van der Waals surface area contributed by atoms with Gasteiger partial charge in [0, 0.05) is 0 Å². The van der Waals surface area contributed by atoms with Gasteiger partial charge in [0.25, 0.3) is 0 Å². The zero-order valence-electron chi connectivity index (χ0n) is 17.6. The zero-order valence-corrected chi connectivity index (χ0v) is 18.6. The van der Waals surface area contributed by atoms with E-state index in [1.54, 1.807) is 22.0 Å². The highest BCUT2D eigenvalue weighted by Crippen LogP contribution is 2.26. The summed E-state index contributed by atoms with van der Waals surface area (Å²) in [7, 11) is 1.03. The van der Waals surface area contributed by atoms with Crippen molar-refractivity contribution in [2.45, 2.75) is 111 Å². The van der Waals surface area contributed by atoms with Crippen LogP contribution in [0.5, 0.6) is 0 Å². The number of benzene rings is 1. The van der Waals surface area contributed by atoms with E-state index in [0.717, 1.165) is 8.58 Å². The molecular weight excluding hydrogens is 319 g/mol. The monoisotopic (exact) mass is 362 g/mol. The minimum absolute atomic E-state index is 1.03. The van der Waals surface area contributed by atoms with Gasteiger partial charge in [0.1, 0.15) is 0 Å². The van der Waals surface area contributed by atoms with Crippen LogP contribution in [0.3, 0.4) is 0 Å². The number of unbranched alkanes of at least 4 members (excludes halogenated alkanes) is 6. The first kappa shape index (κ1) is 22.7. The fourth-order valence-electron chi connectivity index (χ4n) is 3.59. The van der Waals surface area contributed by atoms with Gasteiger partial charge in [-0.15, -0.1) is 0 Å². The molecule has 1 heteroatoms. The van der Waals surface area contributed by atoms with Crippen molar-refractivity contribution in [3.63, 3.8) is 0 Å². The third-order valence-electron chi connectivity index (χ3n) is 5.23. The Balaban J connectivity index is 2.95. The standard InChI is InChI=1S/C24H43P/c1-5-9-13-14-20-25-24-19-18-21(15-10-6-2)22(16-11-7-3)23(24)17-12-8-4/h18-19,25H,5-17,20H2,1-4H3. The second-order valence-corrected chi connectivity index (χ2v) is 8.92. The van der Waals surface area contributed by atoms with E-state index in [1.165, 1.54) is 89.6 Å². The molecule has 1 aromatic carbocycles. The van der Waals surface area contributed by atoms with Crippen LogP contribution in [0.2, 0.25) is 0 Å². The molecule has 0 aliphatic heterocycles. The van der Waals surface area contributed by atoms with Crippen molar-refractivity contribution >= 4 is 13.9 Å².